The van der Waals surface area contributed by atoms with Crippen LogP contribution < -0.4 is 4.74 Å². The molecule has 0 amide bonds. The Morgan fingerprint density at radius 1 is 1.16 bits per heavy atom. The van der Waals surface area contributed by atoms with E-state index in [-0.39, 0.29) is 6.23 Å². The molecule has 4 nitrogen and oxygen atoms in total. The van der Waals surface area contributed by atoms with Crippen LogP contribution in [0.4, 0.5) is 0 Å². The minimum Gasteiger partial charge on any atom is -0.497 e. The first-order chi connectivity index (χ1) is 12.3. The number of ether oxygens (including phenoxy) is 2. The molecule has 1 aromatic heterocycles. The number of hydrogen-bond acceptors (Lipinski definition) is 3. The van der Waals surface area contributed by atoms with Crippen LogP contribution in [0.2, 0.25) is 0 Å². The molecule has 0 radical (unpaired) electrons. The predicted molar refractivity (Wildman–Crippen MR) is 97.9 cm³/mol. The summed E-state index contributed by atoms with van der Waals surface area (Å²) >= 11 is 0. The molecule has 1 fully saturated rings. The Kier molecular flexibility index (Phi) is 3.54. The number of fused-ring (bicyclic) bond motifs is 5. The Balaban J connectivity index is 1.40. The smallest absolute Gasteiger partial charge is 0.118 e. The maximum absolute atomic E-state index is 6.19. The van der Waals surface area contributed by atoms with Gasteiger partial charge in [0.2, 0.25) is 0 Å². The number of H-pyrrole nitrogens is 1. The molecule has 4 heteroatoms. The first-order valence-corrected chi connectivity index (χ1v) is 8.93. The Labute approximate surface area is 147 Å². The molecular formula is C21H22N2O2. The van der Waals surface area contributed by atoms with Gasteiger partial charge in [-0.3, -0.25) is 4.90 Å². The lowest BCUT2D eigenvalue weighted by Crippen LogP contribution is -2.38. The number of aromatic nitrogens is 1. The zero-order valence-corrected chi connectivity index (χ0v) is 14.4. The lowest BCUT2D eigenvalue weighted by molar-refractivity contribution is 0.0298. The molecule has 0 spiro atoms. The molecule has 0 aliphatic carbocycles. The Bertz CT molecular complexity index is 900. The third-order valence-corrected chi connectivity index (χ3v) is 5.59. The summed E-state index contributed by atoms with van der Waals surface area (Å²) in [4.78, 5) is 6.16. The number of methoxy groups -OCH3 is 1. The molecule has 1 N–H and O–H groups in total. The van der Waals surface area contributed by atoms with Gasteiger partial charge in [-0.2, -0.15) is 0 Å². The Morgan fingerprint density at radius 2 is 2.00 bits per heavy atom. The quantitative estimate of drug-likeness (QED) is 0.794. The van der Waals surface area contributed by atoms with E-state index in [1.807, 2.05) is 12.1 Å². The molecule has 2 aromatic carbocycles. The topological polar surface area (TPSA) is 37.5 Å². The molecule has 2 aliphatic rings. The molecule has 5 rings (SSSR count). The maximum Gasteiger partial charge on any atom is 0.118 e. The van der Waals surface area contributed by atoms with Gasteiger partial charge in [-0.1, -0.05) is 30.3 Å². The highest BCUT2D eigenvalue weighted by Crippen LogP contribution is 2.39. The number of nitrogens with zero attached hydrogens (tertiary/aromatic N) is 1. The maximum atomic E-state index is 6.19. The number of benzene rings is 2. The highest BCUT2D eigenvalue weighted by molar-refractivity contribution is 5.85. The van der Waals surface area contributed by atoms with E-state index in [9.17, 15) is 0 Å². The summed E-state index contributed by atoms with van der Waals surface area (Å²) in [5.41, 5.74) is 5.36. The minimum absolute atomic E-state index is 0.151. The average molecular weight is 334 g/mol. The normalized spacial score (nSPS) is 22.8. The molecule has 1 saturated heterocycles. The largest absolute Gasteiger partial charge is 0.497 e. The van der Waals surface area contributed by atoms with Gasteiger partial charge in [0.1, 0.15) is 12.0 Å². The summed E-state index contributed by atoms with van der Waals surface area (Å²) in [5.74, 6) is 0.898. The summed E-state index contributed by atoms with van der Waals surface area (Å²) in [6.07, 6.45) is 2.15. The summed E-state index contributed by atoms with van der Waals surface area (Å²) in [7, 11) is 1.70. The summed E-state index contributed by atoms with van der Waals surface area (Å²) < 4.78 is 11.4. The van der Waals surface area contributed by atoms with Gasteiger partial charge >= 0.3 is 0 Å². The van der Waals surface area contributed by atoms with Crippen LogP contribution in [0.1, 0.15) is 22.9 Å². The standard InChI is InChI=1S/C21H22N2O2/c1-24-15-8-6-14(7-9-15)12-20-23-11-10-17-16-4-2-3-5-18(16)22-21(17)19(23)13-25-20/h2-9,19-20,22H,10-13H2,1H3. The van der Waals surface area contributed by atoms with Gasteiger partial charge < -0.3 is 14.5 Å². The second-order valence-electron chi connectivity index (χ2n) is 6.91. The van der Waals surface area contributed by atoms with Crippen molar-refractivity contribution in [2.24, 2.45) is 0 Å². The van der Waals surface area contributed by atoms with Gasteiger partial charge in [-0.25, -0.2) is 0 Å². The number of para-hydroxylation sites is 1. The van der Waals surface area contributed by atoms with Gasteiger partial charge in [0.15, 0.2) is 0 Å². The average Bonchev–Trinajstić information content (AvgIpc) is 3.23. The van der Waals surface area contributed by atoms with Gasteiger partial charge in [0, 0.05) is 29.6 Å². The molecule has 25 heavy (non-hydrogen) atoms. The van der Waals surface area contributed by atoms with Crippen LogP contribution in [0.3, 0.4) is 0 Å². The highest BCUT2D eigenvalue weighted by Gasteiger charge is 2.40. The van der Waals surface area contributed by atoms with Crippen molar-refractivity contribution in [2.75, 3.05) is 20.3 Å². The zero-order chi connectivity index (χ0) is 16.8. The van der Waals surface area contributed by atoms with Crippen LogP contribution >= 0.6 is 0 Å². The van der Waals surface area contributed by atoms with Crippen LogP contribution in [0.5, 0.6) is 5.75 Å². The first kappa shape index (κ1) is 15.0. The molecular weight excluding hydrogens is 312 g/mol. The second-order valence-corrected chi connectivity index (χ2v) is 6.91. The molecule has 3 heterocycles. The van der Waals surface area contributed by atoms with Gasteiger partial charge in [-0.15, -0.1) is 0 Å². The monoisotopic (exact) mass is 334 g/mol. The van der Waals surface area contributed by atoms with Crippen molar-refractivity contribution in [3.63, 3.8) is 0 Å². The highest BCUT2D eigenvalue weighted by atomic mass is 16.5. The fraction of sp³-hybridized carbons (Fsp3) is 0.333. The van der Waals surface area contributed by atoms with E-state index in [1.54, 1.807) is 7.11 Å². The van der Waals surface area contributed by atoms with E-state index in [2.05, 4.69) is 46.3 Å². The van der Waals surface area contributed by atoms with E-state index in [0.717, 1.165) is 31.7 Å². The first-order valence-electron chi connectivity index (χ1n) is 8.93. The Hall–Kier alpha value is -2.30. The van der Waals surface area contributed by atoms with Crippen LogP contribution in [-0.2, 0) is 17.6 Å². The van der Waals surface area contributed by atoms with Crippen molar-refractivity contribution in [1.29, 1.82) is 0 Å². The van der Waals surface area contributed by atoms with Crippen LogP contribution in [0.25, 0.3) is 10.9 Å². The molecule has 2 atom stereocenters. The Morgan fingerprint density at radius 3 is 2.84 bits per heavy atom. The molecule has 0 bridgehead atoms. The van der Waals surface area contributed by atoms with Crippen LogP contribution in [0, 0.1) is 0 Å². The molecule has 0 saturated carbocycles. The third kappa shape index (κ3) is 2.44. The SMILES string of the molecule is COc1ccc(CC2OCC3c4[nH]c5ccccc5c4CCN23)cc1. The number of nitrogens with one attached hydrogen (secondary N) is 1. The fourth-order valence-electron chi connectivity index (χ4n) is 4.30. The van der Waals surface area contributed by atoms with Crippen molar-refractivity contribution in [3.05, 3.63) is 65.4 Å². The summed E-state index contributed by atoms with van der Waals surface area (Å²) in [6, 6.07) is 17.3. The summed E-state index contributed by atoms with van der Waals surface area (Å²) in [5, 5.41) is 1.37. The van der Waals surface area contributed by atoms with Crippen LogP contribution in [0.15, 0.2) is 48.5 Å². The lowest BCUT2D eigenvalue weighted by Gasteiger charge is -2.32. The molecule has 2 unspecified atom stereocenters. The number of hydrogen-bond donors (Lipinski definition) is 1. The molecule has 3 aromatic rings. The van der Waals surface area contributed by atoms with Crippen molar-refractivity contribution in [3.8, 4) is 5.75 Å². The van der Waals surface area contributed by atoms with E-state index in [4.69, 9.17) is 9.47 Å². The van der Waals surface area contributed by atoms with Crippen molar-refractivity contribution in [1.82, 2.24) is 9.88 Å². The lowest BCUT2D eigenvalue weighted by atomic mass is 9.98. The number of aromatic amines is 1. The van der Waals surface area contributed by atoms with Crippen LogP contribution in [-0.4, -0.2) is 36.4 Å². The van der Waals surface area contributed by atoms with Gasteiger partial charge in [0.25, 0.3) is 0 Å². The van der Waals surface area contributed by atoms with Crippen molar-refractivity contribution < 1.29 is 9.47 Å². The summed E-state index contributed by atoms with van der Waals surface area (Å²) in [6.45, 7) is 1.82. The van der Waals surface area contributed by atoms with Gasteiger partial charge in [-0.05, 0) is 35.7 Å². The molecule has 128 valence electrons. The third-order valence-electron chi connectivity index (χ3n) is 5.59. The zero-order valence-electron chi connectivity index (χ0n) is 14.4. The van der Waals surface area contributed by atoms with Crippen molar-refractivity contribution >= 4 is 10.9 Å². The van der Waals surface area contributed by atoms with E-state index < -0.39 is 0 Å². The fourth-order valence-corrected chi connectivity index (χ4v) is 4.30. The number of rotatable bonds is 3. The van der Waals surface area contributed by atoms with E-state index in [0.29, 0.717) is 6.04 Å². The minimum atomic E-state index is 0.151. The van der Waals surface area contributed by atoms with Gasteiger partial charge in [0.05, 0.1) is 19.8 Å². The van der Waals surface area contributed by atoms with E-state index >= 15 is 0 Å². The molecule has 2 aliphatic heterocycles. The van der Waals surface area contributed by atoms with Crippen molar-refractivity contribution in [2.45, 2.75) is 25.1 Å². The predicted octanol–water partition coefficient (Wildman–Crippen LogP) is 3.67. The van der Waals surface area contributed by atoms with E-state index in [1.165, 1.54) is 27.7 Å². The second kappa shape index (κ2) is 5.90.